The van der Waals surface area contributed by atoms with E-state index in [1.165, 1.54) is 0 Å². The van der Waals surface area contributed by atoms with Crippen LogP contribution in [0, 0.1) is 0 Å². The van der Waals surface area contributed by atoms with Crippen molar-refractivity contribution in [1.82, 2.24) is 5.32 Å². The summed E-state index contributed by atoms with van der Waals surface area (Å²) in [6.45, 7) is 3.08. The van der Waals surface area contributed by atoms with Gasteiger partial charge >= 0.3 is 0 Å². The number of nitrogens with two attached hydrogens (primary N) is 1. The summed E-state index contributed by atoms with van der Waals surface area (Å²) in [5.74, 6) is -0.0962. The molecule has 0 spiro atoms. The molecule has 1 aromatic rings. The third-order valence-corrected chi connectivity index (χ3v) is 3.24. The van der Waals surface area contributed by atoms with Gasteiger partial charge in [-0.05, 0) is 38.0 Å². The number of benzene rings is 1. The molecule has 1 amide bonds. The SMILES string of the molecule is CCNC(=O)c1ccc(N)cc1N(CCO)C1CC1. The second kappa shape index (κ2) is 5.93. The third kappa shape index (κ3) is 3.17. The van der Waals surface area contributed by atoms with Gasteiger partial charge in [0.1, 0.15) is 0 Å². The van der Waals surface area contributed by atoms with Gasteiger partial charge in [0.05, 0.1) is 17.9 Å². The zero-order chi connectivity index (χ0) is 13.8. The molecular formula is C14H21N3O2. The highest BCUT2D eigenvalue weighted by molar-refractivity contribution is 6.00. The van der Waals surface area contributed by atoms with E-state index in [9.17, 15) is 9.90 Å². The lowest BCUT2D eigenvalue weighted by molar-refractivity contribution is 0.0956. The molecule has 1 fully saturated rings. The normalized spacial score (nSPS) is 14.2. The van der Waals surface area contributed by atoms with E-state index >= 15 is 0 Å². The minimum absolute atomic E-state index is 0.0696. The molecule has 1 aliphatic carbocycles. The number of nitrogens with zero attached hydrogens (tertiary/aromatic N) is 1. The number of rotatable bonds is 6. The minimum atomic E-state index is -0.0962. The van der Waals surface area contributed by atoms with Gasteiger partial charge in [-0.15, -0.1) is 0 Å². The summed E-state index contributed by atoms with van der Waals surface area (Å²) in [6, 6.07) is 5.72. The standard InChI is InChI=1S/C14H21N3O2/c1-2-16-14(19)12-6-3-10(15)9-13(12)17(7-8-18)11-4-5-11/h3,6,9,11,18H,2,4-5,7-8,15H2,1H3,(H,16,19). The Bertz CT molecular complexity index is 458. The smallest absolute Gasteiger partial charge is 0.253 e. The van der Waals surface area contributed by atoms with E-state index in [1.54, 1.807) is 12.1 Å². The van der Waals surface area contributed by atoms with E-state index < -0.39 is 0 Å². The minimum Gasteiger partial charge on any atom is -0.399 e. The van der Waals surface area contributed by atoms with Crippen LogP contribution in [0.15, 0.2) is 18.2 Å². The van der Waals surface area contributed by atoms with Crippen LogP contribution >= 0.6 is 0 Å². The highest BCUT2D eigenvalue weighted by Crippen LogP contribution is 2.34. The van der Waals surface area contributed by atoms with Crippen molar-refractivity contribution in [3.05, 3.63) is 23.8 Å². The molecular weight excluding hydrogens is 242 g/mol. The van der Waals surface area contributed by atoms with E-state index in [1.807, 2.05) is 13.0 Å². The van der Waals surface area contributed by atoms with E-state index in [4.69, 9.17) is 5.73 Å². The first-order valence-corrected chi connectivity index (χ1v) is 6.72. The van der Waals surface area contributed by atoms with Gasteiger partial charge in [-0.25, -0.2) is 0 Å². The first kappa shape index (κ1) is 13.7. The van der Waals surface area contributed by atoms with Crippen LogP contribution in [-0.4, -0.2) is 36.8 Å². The van der Waals surface area contributed by atoms with Gasteiger partial charge < -0.3 is 21.1 Å². The van der Waals surface area contributed by atoms with Gasteiger partial charge in [-0.1, -0.05) is 0 Å². The molecule has 0 unspecified atom stereocenters. The molecule has 5 heteroatoms. The number of aliphatic hydroxyl groups is 1. The van der Waals surface area contributed by atoms with Crippen molar-refractivity contribution in [2.75, 3.05) is 30.3 Å². The van der Waals surface area contributed by atoms with Gasteiger partial charge in [0.15, 0.2) is 0 Å². The molecule has 1 aromatic carbocycles. The van der Waals surface area contributed by atoms with Crippen molar-refractivity contribution in [2.24, 2.45) is 0 Å². The lowest BCUT2D eigenvalue weighted by Gasteiger charge is -2.26. The van der Waals surface area contributed by atoms with Crippen LogP contribution in [0.3, 0.4) is 0 Å². The van der Waals surface area contributed by atoms with Crippen molar-refractivity contribution in [3.63, 3.8) is 0 Å². The number of hydrogen-bond donors (Lipinski definition) is 3. The van der Waals surface area contributed by atoms with Crippen LogP contribution in [-0.2, 0) is 0 Å². The zero-order valence-corrected chi connectivity index (χ0v) is 11.2. The molecule has 5 nitrogen and oxygen atoms in total. The number of amides is 1. The molecule has 0 heterocycles. The highest BCUT2D eigenvalue weighted by atomic mass is 16.3. The van der Waals surface area contributed by atoms with E-state index in [-0.39, 0.29) is 12.5 Å². The second-order valence-corrected chi connectivity index (χ2v) is 4.78. The molecule has 0 aliphatic heterocycles. The predicted octanol–water partition coefficient (Wildman–Crippen LogP) is 0.980. The largest absolute Gasteiger partial charge is 0.399 e. The summed E-state index contributed by atoms with van der Waals surface area (Å²) in [4.78, 5) is 14.2. The first-order valence-electron chi connectivity index (χ1n) is 6.72. The number of carbonyl (C=O) groups is 1. The average molecular weight is 263 g/mol. The summed E-state index contributed by atoms with van der Waals surface area (Å²) in [7, 11) is 0. The number of carbonyl (C=O) groups excluding carboxylic acids is 1. The van der Waals surface area contributed by atoms with Gasteiger partial charge in [0, 0.05) is 24.8 Å². The summed E-state index contributed by atoms with van der Waals surface area (Å²) < 4.78 is 0. The Labute approximate surface area is 113 Å². The second-order valence-electron chi connectivity index (χ2n) is 4.78. The maximum Gasteiger partial charge on any atom is 0.253 e. The van der Waals surface area contributed by atoms with Crippen molar-refractivity contribution in [3.8, 4) is 0 Å². The van der Waals surface area contributed by atoms with Gasteiger partial charge in [0.2, 0.25) is 0 Å². The molecule has 2 rings (SSSR count). The molecule has 4 N–H and O–H groups in total. The lowest BCUT2D eigenvalue weighted by atomic mass is 10.1. The summed E-state index contributed by atoms with van der Waals surface area (Å²) in [5, 5.41) is 12.0. The first-order chi connectivity index (χ1) is 9.17. The van der Waals surface area contributed by atoms with Crippen LogP contribution < -0.4 is 16.0 Å². The number of nitrogens with one attached hydrogen (secondary N) is 1. The summed E-state index contributed by atoms with van der Waals surface area (Å²) in [5.41, 5.74) is 7.91. The van der Waals surface area contributed by atoms with E-state index in [2.05, 4.69) is 10.2 Å². The Balaban J connectivity index is 2.34. The molecule has 0 atom stereocenters. The fourth-order valence-electron chi connectivity index (χ4n) is 2.23. The molecule has 0 radical (unpaired) electrons. The van der Waals surface area contributed by atoms with Crippen LogP contribution in [0.25, 0.3) is 0 Å². The molecule has 104 valence electrons. The molecule has 0 aromatic heterocycles. The topological polar surface area (TPSA) is 78.6 Å². The fraction of sp³-hybridized carbons (Fsp3) is 0.500. The van der Waals surface area contributed by atoms with Crippen LogP contribution in [0.4, 0.5) is 11.4 Å². The van der Waals surface area contributed by atoms with Crippen LogP contribution in [0.2, 0.25) is 0 Å². The zero-order valence-electron chi connectivity index (χ0n) is 11.2. The molecule has 1 aliphatic rings. The average Bonchev–Trinajstić information content (AvgIpc) is 3.20. The van der Waals surface area contributed by atoms with Gasteiger partial charge in [-0.3, -0.25) is 4.79 Å². The van der Waals surface area contributed by atoms with Crippen LogP contribution in [0.1, 0.15) is 30.1 Å². The quantitative estimate of drug-likeness (QED) is 0.669. The Morgan fingerprint density at radius 2 is 2.26 bits per heavy atom. The molecule has 19 heavy (non-hydrogen) atoms. The Morgan fingerprint density at radius 1 is 1.53 bits per heavy atom. The van der Waals surface area contributed by atoms with Gasteiger partial charge in [-0.2, -0.15) is 0 Å². The molecule has 0 bridgehead atoms. The Hall–Kier alpha value is -1.75. The highest BCUT2D eigenvalue weighted by Gasteiger charge is 2.31. The van der Waals surface area contributed by atoms with Gasteiger partial charge in [0.25, 0.3) is 5.91 Å². The summed E-state index contributed by atoms with van der Waals surface area (Å²) in [6.07, 6.45) is 2.20. The van der Waals surface area contributed by atoms with Crippen molar-refractivity contribution in [2.45, 2.75) is 25.8 Å². The molecule has 0 saturated heterocycles. The number of aliphatic hydroxyl groups excluding tert-OH is 1. The maximum atomic E-state index is 12.1. The Morgan fingerprint density at radius 3 is 2.84 bits per heavy atom. The van der Waals surface area contributed by atoms with Crippen LogP contribution in [0.5, 0.6) is 0 Å². The number of anilines is 2. The Kier molecular flexibility index (Phi) is 4.27. The van der Waals surface area contributed by atoms with Crippen molar-refractivity contribution < 1.29 is 9.90 Å². The predicted molar refractivity (Wildman–Crippen MR) is 76.3 cm³/mol. The summed E-state index contributed by atoms with van der Waals surface area (Å²) >= 11 is 0. The monoisotopic (exact) mass is 263 g/mol. The van der Waals surface area contributed by atoms with Crippen molar-refractivity contribution >= 4 is 17.3 Å². The fourth-order valence-corrected chi connectivity index (χ4v) is 2.23. The third-order valence-electron chi connectivity index (χ3n) is 3.24. The van der Waals surface area contributed by atoms with Crippen molar-refractivity contribution in [1.29, 1.82) is 0 Å². The maximum absolute atomic E-state index is 12.1. The van der Waals surface area contributed by atoms with E-state index in [0.717, 1.165) is 18.5 Å². The van der Waals surface area contributed by atoms with E-state index in [0.29, 0.717) is 30.4 Å². The number of hydrogen-bond acceptors (Lipinski definition) is 4. The number of nitrogen functional groups attached to an aromatic ring is 1. The molecule has 1 saturated carbocycles. The lowest BCUT2D eigenvalue weighted by Crippen LogP contribution is -2.32.